The van der Waals surface area contributed by atoms with E-state index >= 15 is 0 Å². The third-order valence-electron chi connectivity index (χ3n) is 2.74. The highest BCUT2D eigenvalue weighted by atomic mass is 35.5. The highest BCUT2D eigenvalue weighted by Gasteiger charge is 2.18. The average molecular weight is 363 g/mol. The minimum Gasteiger partial charge on any atom is -0.433 e. The second-order valence-electron chi connectivity index (χ2n) is 4.50. The van der Waals surface area contributed by atoms with Crippen molar-refractivity contribution in [3.63, 3.8) is 0 Å². The van der Waals surface area contributed by atoms with E-state index in [9.17, 15) is 13.6 Å². The maximum Gasteiger partial charge on any atom is 0.387 e. The van der Waals surface area contributed by atoms with Gasteiger partial charge in [0.15, 0.2) is 5.16 Å². The van der Waals surface area contributed by atoms with Gasteiger partial charge in [-0.05, 0) is 25.1 Å². The third-order valence-corrected chi connectivity index (χ3v) is 4.18. The van der Waals surface area contributed by atoms with Gasteiger partial charge in [0.1, 0.15) is 12.1 Å². The summed E-state index contributed by atoms with van der Waals surface area (Å²) in [5.74, 6) is -0.433. The van der Waals surface area contributed by atoms with Crippen molar-refractivity contribution in [2.75, 3.05) is 5.32 Å². The molecule has 0 bridgehead atoms. The number of anilines is 1. The van der Waals surface area contributed by atoms with Crippen LogP contribution in [0.2, 0.25) is 5.02 Å². The van der Waals surface area contributed by atoms with Crippen LogP contribution in [0.5, 0.6) is 5.75 Å². The fourth-order valence-electron chi connectivity index (χ4n) is 1.60. The Morgan fingerprint density at radius 2 is 2.22 bits per heavy atom. The fourth-order valence-corrected chi connectivity index (χ4v) is 2.62. The standard InChI is InChI=1S/C13H13ClF2N4O2S/c1-7(23-13-19-17-6-20(13)2)11(21)18-8-3-4-10(9(14)5-8)22-12(15)16/h3-7,12H,1-2H3,(H,18,21)/t7-/m1/s1. The van der Waals surface area contributed by atoms with Crippen molar-refractivity contribution in [1.82, 2.24) is 14.8 Å². The van der Waals surface area contributed by atoms with E-state index in [2.05, 4.69) is 20.3 Å². The molecule has 10 heteroatoms. The van der Waals surface area contributed by atoms with E-state index in [4.69, 9.17) is 11.6 Å². The Hall–Kier alpha value is -1.87. The van der Waals surface area contributed by atoms with Crippen LogP contribution in [-0.4, -0.2) is 32.5 Å². The van der Waals surface area contributed by atoms with Crippen LogP contribution in [0.1, 0.15) is 6.92 Å². The van der Waals surface area contributed by atoms with E-state index in [1.165, 1.54) is 36.3 Å². The molecule has 1 N–H and O–H groups in total. The lowest BCUT2D eigenvalue weighted by atomic mass is 10.3. The molecule has 1 aromatic carbocycles. The minimum absolute atomic E-state index is 0.0169. The van der Waals surface area contributed by atoms with Crippen LogP contribution >= 0.6 is 23.4 Å². The molecule has 0 radical (unpaired) electrons. The second-order valence-corrected chi connectivity index (χ2v) is 6.21. The van der Waals surface area contributed by atoms with Gasteiger partial charge in [-0.2, -0.15) is 8.78 Å². The lowest BCUT2D eigenvalue weighted by Crippen LogP contribution is -2.22. The number of halogens is 3. The summed E-state index contributed by atoms with van der Waals surface area (Å²) in [6, 6.07) is 4.04. The predicted octanol–water partition coefficient (Wildman–Crippen LogP) is 3.19. The normalized spacial score (nSPS) is 12.3. The summed E-state index contributed by atoms with van der Waals surface area (Å²) < 4.78 is 30.3. The monoisotopic (exact) mass is 362 g/mol. The van der Waals surface area contributed by atoms with Gasteiger partial charge in [-0.15, -0.1) is 10.2 Å². The number of amides is 1. The summed E-state index contributed by atoms with van der Waals surface area (Å²) in [6.07, 6.45) is 1.54. The Morgan fingerprint density at radius 3 is 2.78 bits per heavy atom. The van der Waals surface area contributed by atoms with Gasteiger partial charge >= 0.3 is 6.61 Å². The molecule has 0 fully saturated rings. The van der Waals surface area contributed by atoms with Crippen molar-refractivity contribution in [2.24, 2.45) is 7.05 Å². The summed E-state index contributed by atoms with van der Waals surface area (Å²) >= 11 is 7.08. The molecule has 1 aromatic heterocycles. The van der Waals surface area contributed by atoms with Gasteiger partial charge in [0.25, 0.3) is 0 Å². The summed E-state index contributed by atoms with van der Waals surface area (Å²) in [5.41, 5.74) is 0.382. The van der Waals surface area contributed by atoms with Crippen molar-refractivity contribution < 1.29 is 18.3 Å². The summed E-state index contributed by atoms with van der Waals surface area (Å²) in [7, 11) is 1.77. The van der Waals surface area contributed by atoms with Crippen LogP contribution in [0.25, 0.3) is 0 Å². The van der Waals surface area contributed by atoms with Gasteiger partial charge < -0.3 is 14.6 Å². The first kappa shape index (κ1) is 17.5. The quantitative estimate of drug-likeness (QED) is 0.799. The first-order valence-corrected chi connectivity index (χ1v) is 7.68. The van der Waals surface area contributed by atoms with Crippen LogP contribution in [0.4, 0.5) is 14.5 Å². The Balaban J connectivity index is 1.99. The van der Waals surface area contributed by atoms with Crippen molar-refractivity contribution in [3.8, 4) is 5.75 Å². The van der Waals surface area contributed by atoms with Crippen molar-refractivity contribution in [3.05, 3.63) is 29.5 Å². The lowest BCUT2D eigenvalue weighted by Gasteiger charge is -2.12. The number of carbonyl (C=O) groups is 1. The van der Waals surface area contributed by atoms with E-state index in [0.29, 0.717) is 10.8 Å². The number of rotatable bonds is 6. The first-order chi connectivity index (χ1) is 10.9. The highest BCUT2D eigenvalue weighted by molar-refractivity contribution is 8.00. The number of nitrogens with one attached hydrogen (secondary N) is 1. The van der Waals surface area contributed by atoms with Crippen LogP contribution in [0.15, 0.2) is 29.7 Å². The average Bonchev–Trinajstić information content (AvgIpc) is 2.87. The molecular weight excluding hydrogens is 350 g/mol. The Kier molecular flexibility index (Phi) is 5.78. The number of aryl methyl sites for hydroxylation is 1. The largest absolute Gasteiger partial charge is 0.433 e. The van der Waals surface area contributed by atoms with Crippen LogP contribution in [-0.2, 0) is 11.8 Å². The Bertz CT molecular complexity index is 698. The Labute approximate surface area is 140 Å². The Morgan fingerprint density at radius 1 is 1.48 bits per heavy atom. The zero-order valence-electron chi connectivity index (χ0n) is 12.2. The number of thioether (sulfide) groups is 1. The lowest BCUT2D eigenvalue weighted by molar-refractivity contribution is -0.115. The summed E-state index contributed by atoms with van der Waals surface area (Å²) in [5, 5.41) is 10.4. The SMILES string of the molecule is C[C@@H](Sc1nncn1C)C(=O)Nc1ccc(OC(F)F)c(Cl)c1. The molecule has 1 atom stereocenters. The van der Waals surface area contributed by atoms with E-state index in [1.54, 1.807) is 18.5 Å². The fraction of sp³-hybridized carbons (Fsp3) is 0.308. The molecule has 6 nitrogen and oxygen atoms in total. The summed E-state index contributed by atoms with van der Waals surface area (Å²) in [6.45, 7) is -1.25. The highest BCUT2D eigenvalue weighted by Crippen LogP contribution is 2.29. The molecule has 0 unspecified atom stereocenters. The van der Waals surface area contributed by atoms with Crippen LogP contribution < -0.4 is 10.1 Å². The number of aromatic nitrogens is 3. The van der Waals surface area contributed by atoms with Crippen molar-refractivity contribution >= 4 is 35.0 Å². The molecular formula is C13H13ClF2N4O2S. The molecule has 1 heterocycles. The van der Waals surface area contributed by atoms with Gasteiger partial charge in [0.2, 0.25) is 5.91 Å². The molecule has 2 rings (SSSR count). The molecule has 0 spiro atoms. The van der Waals surface area contributed by atoms with Gasteiger partial charge in [-0.3, -0.25) is 4.79 Å². The van der Waals surface area contributed by atoms with E-state index in [1.807, 2.05) is 0 Å². The second kappa shape index (κ2) is 7.60. The number of benzene rings is 1. The van der Waals surface area contributed by atoms with Gasteiger partial charge in [0.05, 0.1) is 10.3 Å². The molecule has 0 saturated carbocycles. The zero-order valence-corrected chi connectivity index (χ0v) is 13.7. The number of hydrogen-bond acceptors (Lipinski definition) is 5. The summed E-state index contributed by atoms with van der Waals surface area (Å²) in [4.78, 5) is 12.1. The van der Waals surface area contributed by atoms with E-state index < -0.39 is 11.9 Å². The predicted molar refractivity (Wildman–Crippen MR) is 83.0 cm³/mol. The smallest absolute Gasteiger partial charge is 0.387 e. The molecule has 0 saturated heterocycles. The molecule has 0 aliphatic carbocycles. The molecule has 1 amide bonds. The van der Waals surface area contributed by atoms with Gasteiger partial charge in [-0.25, -0.2) is 0 Å². The topological polar surface area (TPSA) is 69.0 Å². The van der Waals surface area contributed by atoms with Crippen LogP contribution in [0, 0.1) is 0 Å². The molecule has 124 valence electrons. The van der Waals surface area contributed by atoms with Crippen molar-refractivity contribution in [1.29, 1.82) is 0 Å². The number of alkyl halides is 2. The zero-order chi connectivity index (χ0) is 17.0. The third kappa shape index (κ3) is 4.80. The van der Waals surface area contributed by atoms with Gasteiger partial charge in [0, 0.05) is 12.7 Å². The molecule has 2 aromatic rings. The maximum absolute atomic E-state index is 12.2. The van der Waals surface area contributed by atoms with Crippen LogP contribution in [0.3, 0.4) is 0 Å². The molecule has 23 heavy (non-hydrogen) atoms. The van der Waals surface area contributed by atoms with E-state index in [0.717, 1.165) is 0 Å². The minimum atomic E-state index is -2.96. The van der Waals surface area contributed by atoms with Gasteiger partial charge in [-0.1, -0.05) is 23.4 Å². The first-order valence-electron chi connectivity index (χ1n) is 6.42. The van der Waals surface area contributed by atoms with E-state index in [-0.39, 0.29) is 16.7 Å². The molecule has 0 aliphatic heterocycles. The maximum atomic E-state index is 12.2. The molecule has 0 aliphatic rings. The number of ether oxygens (including phenoxy) is 1. The van der Waals surface area contributed by atoms with Crippen molar-refractivity contribution in [2.45, 2.75) is 23.9 Å². The number of carbonyl (C=O) groups excluding carboxylic acids is 1. The number of hydrogen-bond donors (Lipinski definition) is 1. The number of nitrogens with zero attached hydrogens (tertiary/aromatic N) is 3.